The number of piperidine rings is 1. The van der Waals surface area contributed by atoms with Crippen LogP contribution >= 0.6 is 0 Å². The van der Waals surface area contributed by atoms with E-state index in [1.807, 2.05) is 0 Å². The number of likely N-dealkylation sites (tertiary alicyclic amines) is 1. The van der Waals surface area contributed by atoms with Gasteiger partial charge in [-0.05, 0) is 57.1 Å². The zero-order valence-electron chi connectivity index (χ0n) is 12.0. The van der Waals surface area contributed by atoms with Crippen molar-refractivity contribution in [1.82, 2.24) is 9.62 Å². The molecule has 5 nitrogen and oxygen atoms in total. The van der Waals surface area contributed by atoms with Gasteiger partial charge in [0.05, 0.1) is 11.5 Å². The number of hydrogen-bond donors (Lipinski definition) is 2. The molecular formula is C14H21FN2O3S. The quantitative estimate of drug-likeness (QED) is 0.848. The van der Waals surface area contributed by atoms with Crippen LogP contribution in [0, 0.1) is 11.7 Å². The smallest absolute Gasteiger partial charge is 0.240 e. The molecule has 1 saturated heterocycles. The fourth-order valence-corrected chi connectivity index (χ4v) is 3.58. The first-order valence-electron chi connectivity index (χ1n) is 7.00. The van der Waals surface area contributed by atoms with E-state index in [-0.39, 0.29) is 10.5 Å². The van der Waals surface area contributed by atoms with Crippen LogP contribution in [0.4, 0.5) is 4.39 Å². The normalized spacial score (nSPS) is 18.0. The molecule has 118 valence electrons. The number of aliphatic hydroxyl groups is 1. The second-order valence-electron chi connectivity index (χ2n) is 5.51. The Hall–Kier alpha value is -1.02. The van der Waals surface area contributed by atoms with Crippen molar-refractivity contribution in [3.8, 4) is 0 Å². The number of sulfonamides is 1. The van der Waals surface area contributed by atoms with Crippen LogP contribution in [-0.2, 0) is 16.6 Å². The van der Waals surface area contributed by atoms with Crippen molar-refractivity contribution in [2.45, 2.75) is 24.3 Å². The topological polar surface area (TPSA) is 69.6 Å². The Bertz CT molecular complexity index is 584. The van der Waals surface area contributed by atoms with E-state index in [1.165, 1.54) is 12.1 Å². The van der Waals surface area contributed by atoms with Gasteiger partial charge >= 0.3 is 0 Å². The van der Waals surface area contributed by atoms with E-state index in [2.05, 4.69) is 16.7 Å². The second-order valence-corrected chi connectivity index (χ2v) is 7.28. The summed E-state index contributed by atoms with van der Waals surface area (Å²) in [6.45, 7) is 1.81. The maximum atomic E-state index is 13.3. The highest BCUT2D eigenvalue weighted by atomic mass is 32.2. The highest BCUT2D eigenvalue weighted by Gasteiger charge is 2.21. The van der Waals surface area contributed by atoms with E-state index in [0.717, 1.165) is 32.0 Å². The van der Waals surface area contributed by atoms with E-state index in [4.69, 9.17) is 5.11 Å². The Morgan fingerprint density at radius 3 is 2.67 bits per heavy atom. The fraction of sp³-hybridized carbons (Fsp3) is 0.571. The predicted octanol–water partition coefficient (Wildman–Crippen LogP) is 0.938. The summed E-state index contributed by atoms with van der Waals surface area (Å²) in [5.41, 5.74) is -0.0165. The summed E-state index contributed by atoms with van der Waals surface area (Å²) in [7, 11) is -1.61. The number of hydrogen-bond acceptors (Lipinski definition) is 4. The average Bonchev–Trinajstić information content (AvgIpc) is 2.47. The molecular weight excluding hydrogens is 295 g/mol. The summed E-state index contributed by atoms with van der Waals surface area (Å²) in [6.07, 6.45) is 1.93. The van der Waals surface area contributed by atoms with Gasteiger partial charge in [-0.25, -0.2) is 17.5 Å². The van der Waals surface area contributed by atoms with Crippen LogP contribution in [0.3, 0.4) is 0 Å². The van der Waals surface area contributed by atoms with Crippen molar-refractivity contribution in [2.24, 2.45) is 5.92 Å². The standard InChI is InChI=1S/C14H21FN2O3S/c1-17-6-4-11(5-7-17)9-16-21(19,20)13-2-3-14(15)12(8-13)10-18/h2-3,8,11,16,18H,4-7,9-10H2,1H3. The van der Waals surface area contributed by atoms with Gasteiger partial charge in [0.1, 0.15) is 5.82 Å². The largest absolute Gasteiger partial charge is 0.392 e. The minimum atomic E-state index is -3.66. The number of nitrogens with zero attached hydrogens (tertiary/aromatic N) is 1. The van der Waals surface area contributed by atoms with Gasteiger partial charge in [0, 0.05) is 12.1 Å². The molecule has 2 rings (SSSR count). The van der Waals surface area contributed by atoms with E-state index >= 15 is 0 Å². The van der Waals surface area contributed by atoms with Crippen LogP contribution in [0.1, 0.15) is 18.4 Å². The number of nitrogens with one attached hydrogen (secondary N) is 1. The molecule has 0 radical (unpaired) electrons. The van der Waals surface area contributed by atoms with Crippen molar-refractivity contribution in [2.75, 3.05) is 26.7 Å². The number of aliphatic hydroxyl groups excluding tert-OH is 1. The summed E-state index contributed by atoms with van der Waals surface area (Å²) < 4.78 is 40.3. The third kappa shape index (κ3) is 4.23. The Morgan fingerprint density at radius 1 is 1.38 bits per heavy atom. The molecule has 7 heteroatoms. The first-order chi connectivity index (χ1) is 9.92. The van der Waals surface area contributed by atoms with Crippen molar-refractivity contribution in [1.29, 1.82) is 0 Å². The molecule has 0 aliphatic carbocycles. The molecule has 1 aliphatic heterocycles. The van der Waals surface area contributed by atoms with Crippen molar-refractivity contribution in [3.63, 3.8) is 0 Å². The van der Waals surface area contributed by atoms with Gasteiger partial charge in [0.25, 0.3) is 0 Å². The minimum Gasteiger partial charge on any atom is -0.392 e. The average molecular weight is 316 g/mol. The van der Waals surface area contributed by atoms with E-state index in [1.54, 1.807) is 0 Å². The molecule has 0 spiro atoms. The molecule has 1 aromatic rings. The zero-order chi connectivity index (χ0) is 15.5. The summed E-state index contributed by atoms with van der Waals surface area (Å²) >= 11 is 0. The van der Waals surface area contributed by atoms with Gasteiger partial charge in [-0.1, -0.05) is 0 Å². The molecule has 1 aliphatic rings. The third-order valence-electron chi connectivity index (χ3n) is 3.90. The number of benzene rings is 1. The lowest BCUT2D eigenvalue weighted by molar-refractivity contribution is 0.220. The molecule has 0 atom stereocenters. The lowest BCUT2D eigenvalue weighted by Crippen LogP contribution is -2.36. The first kappa shape index (κ1) is 16.4. The molecule has 0 saturated carbocycles. The maximum absolute atomic E-state index is 13.3. The highest BCUT2D eigenvalue weighted by Crippen LogP contribution is 2.18. The van der Waals surface area contributed by atoms with Crippen LogP contribution < -0.4 is 4.72 Å². The Balaban J connectivity index is 2.01. The number of rotatable bonds is 5. The summed E-state index contributed by atoms with van der Waals surface area (Å²) in [4.78, 5) is 2.21. The monoisotopic (exact) mass is 316 g/mol. The molecule has 1 aromatic carbocycles. The lowest BCUT2D eigenvalue weighted by atomic mass is 9.98. The lowest BCUT2D eigenvalue weighted by Gasteiger charge is -2.28. The summed E-state index contributed by atoms with van der Waals surface area (Å²) in [5.74, 6) is -0.277. The van der Waals surface area contributed by atoms with Crippen LogP contribution in [0.15, 0.2) is 23.1 Å². The van der Waals surface area contributed by atoms with Crippen LogP contribution in [0.5, 0.6) is 0 Å². The minimum absolute atomic E-state index is 0.0131. The molecule has 2 N–H and O–H groups in total. The molecule has 0 unspecified atom stereocenters. The predicted molar refractivity (Wildman–Crippen MR) is 77.7 cm³/mol. The molecule has 21 heavy (non-hydrogen) atoms. The van der Waals surface area contributed by atoms with Crippen molar-refractivity contribution < 1.29 is 17.9 Å². The van der Waals surface area contributed by atoms with Crippen LogP contribution in [0.2, 0.25) is 0 Å². The zero-order valence-corrected chi connectivity index (χ0v) is 12.9. The Kier molecular flexibility index (Phi) is 5.32. The summed E-state index contributed by atoms with van der Waals surface area (Å²) in [5, 5.41) is 9.01. The first-order valence-corrected chi connectivity index (χ1v) is 8.48. The van der Waals surface area contributed by atoms with Gasteiger partial charge in [0.2, 0.25) is 10.0 Å². The van der Waals surface area contributed by atoms with Crippen LogP contribution in [-0.4, -0.2) is 45.1 Å². The highest BCUT2D eigenvalue weighted by molar-refractivity contribution is 7.89. The van der Waals surface area contributed by atoms with E-state index in [0.29, 0.717) is 12.5 Å². The SMILES string of the molecule is CN1CCC(CNS(=O)(=O)c2ccc(F)c(CO)c2)CC1. The molecule has 0 amide bonds. The van der Waals surface area contributed by atoms with Gasteiger partial charge in [0.15, 0.2) is 0 Å². The van der Waals surface area contributed by atoms with E-state index in [9.17, 15) is 12.8 Å². The molecule has 0 aromatic heterocycles. The van der Waals surface area contributed by atoms with Crippen molar-refractivity contribution >= 4 is 10.0 Å². The summed E-state index contributed by atoms with van der Waals surface area (Å²) in [6, 6.07) is 3.45. The third-order valence-corrected chi connectivity index (χ3v) is 5.32. The van der Waals surface area contributed by atoms with Gasteiger partial charge in [-0.15, -0.1) is 0 Å². The Labute approximate surface area is 124 Å². The maximum Gasteiger partial charge on any atom is 0.240 e. The fourth-order valence-electron chi connectivity index (χ4n) is 2.42. The van der Waals surface area contributed by atoms with Gasteiger partial charge in [-0.3, -0.25) is 0 Å². The van der Waals surface area contributed by atoms with Gasteiger partial charge in [-0.2, -0.15) is 0 Å². The van der Waals surface area contributed by atoms with E-state index < -0.39 is 22.4 Å². The molecule has 1 heterocycles. The number of halogens is 1. The van der Waals surface area contributed by atoms with Crippen LogP contribution in [0.25, 0.3) is 0 Å². The molecule has 1 fully saturated rings. The van der Waals surface area contributed by atoms with Crippen molar-refractivity contribution in [3.05, 3.63) is 29.6 Å². The Morgan fingerprint density at radius 2 is 2.05 bits per heavy atom. The van der Waals surface area contributed by atoms with Gasteiger partial charge < -0.3 is 10.0 Å². The second kappa shape index (κ2) is 6.83. The molecule has 0 bridgehead atoms.